The van der Waals surface area contributed by atoms with Gasteiger partial charge >= 0.3 is 7.12 Å². The molecular formula is C13H13BN2O6S. The summed E-state index contributed by atoms with van der Waals surface area (Å²) in [6, 6.07) is 10.5. The number of nitro benzene ring substituents is 1. The van der Waals surface area contributed by atoms with Crippen molar-refractivity contribution in [2.45, 2.75) is 4.90 Å². The van der Waals surface area contributed by atoms with Gasteiger partial charge in [0, 0.05) is 13.1 Å². The maximum atomic E-state index is 12.6. The molecule has 0 saturated carbocycles. The van der Waals surface area contributed by atoms with E-state index in [-0.39, 0.29) is 21.7 Å². The average molecular weight is 336 g/mol. The molecule has 2 rings (SSSR count). The van der Waals surface area contributed by atoms with Crippen LogP contribution in [-0.4, -0.2) is 37.6 Å². The zero-order valence-corrected chi connectivity index (χ0v) is 12.8. The highest BCUT2D eigenvalue weighted by Gasteiger charge is 2.27. The number of hydrogen-bond donors (Lipinski definition) is 2. The monoisotopic (exact) mass is 336 g/mol. The minimum absolute atomic E-state index is 0.00189. The van der Waals surface area contributed by atoms with E-state index in [2.05, 4.69) is 0 Å². The number of para-hydroxylation sites is 2. The molecule has 0 aliphatic carbocycles. The summed E-state index contributed by atoms with van der Waals surface area (Å²) < 4.78 is 26.0. The van der Waals surface area contributed by atoms with Crippen LogP contribution < -0.4 is 9.77 Å². The quantitative estimate of drug-likeness (QED) is 0.454. The van der Waals surface area contributed by atoms with Crippen LogP contribution >= 0.6 is 0 Å². The number of rotatable bonds is 5. The van der Waals surface area contributed by atoms with Crippen LogP contribution in [0, 0.1) is 10.1 Å². The van der Waals surface area contributed by atoms with E-state index in [1.807, 2.05) is 0 Å². The van der Waals surface area contributed by atoms with Crippen LogP contribution in [0.3, 0.4) is 0 Å². The molecule has 2 aromatic carbocycles. The van der Waals surface area contributed by atoms with Crippen LogP contribution in [0.2, 0.25) is 0 Å². The zero-order valence-electron chi connectivity index (χ0n) is 12.0. The van der Waals surface area contributed by atoms with E-state index >= 15 is 0 Å². The lowest BCUT2D eigenvalue weighted by Crippen LogP contribution is -2.32. The maximum Gasteiger partial charge on any atom is 0.488 e. The highest BCUT2D eigenvalue weighted by molar-refractivity contribution is 7.92. The molecule has 0 bridgehead atoms. The molecule has 0 heterocycles. The Kier molecular flexibility index (Phi) is 4.69. The van der Waals surface area contributed by atoms with Crippen molar-refractivity contribution < 1.29 is 23.4 Å². The number of anilines is 1. The molecule has 2 N–H and O–H groups in total. The lowest BCUT2D eigenvalue weighted by Gasteiger charge is -2.19. The lowest BCUT2D eigenvalue weighted by atomic mass is 9.80. The standard InChI is InChI=1S/C13H13BN2O6S/c1-15(12-7-2-3-8-13(12)16(19)20)23(21,22)11-6-4-5-10(9-11)14(17)18/h2-9,17-18H,1H3. The Labute approximate surface area is 133 Å². The third-order valence-electron chi connectivity index (χ3n) is 3.23. The molecular weight excluding hydrogens is 323 g/mol. The van der Waals surface area contributed by atoms with Crippen molar-refractivity contribution >= 4 is 34.0 Å². The molecule has 10 heteroatoms. The summed E-state index contributed by atoms with van der Waals surface area (Å²) in [6.45, 7) is 0. The van der Waals surface area contributed by atoms with E-state index in [1.165, 1.54) is 49.5 Å². The van der Waals surface area contributed by atoms with Crippen LogP contribution in [0.25, 0.3) is 0 Å². The molecule has 2 aromatic rings. The van der Waals surface area contributed by atoms with E-state index in [4.69, 9.17) is 10.0 Å². The van der Waals surface area contributed by atoms with Crippen molar-refractivity contribution in [2.24, 2.45) is 0 Å². The fourth-order valence-corrected chi connectivity index (χ4v) is 3.27. The topological polar surface area (TPSA) is 121 Å². The molecule has 0 atom stereocenters. The highest BCUT2D eigenvalue weighted by Crippen LogP contribution is 2.30. The molecule has 0 fully saturated rings. The summed E-state index contributed by atoms with van der Waals surface area (Å²) in [4.78, 5) is 10.2. The largest absolute Gasteiger partial charge is 0.488 e. The summed E-state index contributed by atoms with van der Waals surface area (Å²) in [6.07, 6.45) is 0. The smallest absolute Gasteiger partial charge is 0.423 e. The van der Waals surface area contributed by atoms with Gasteiger partial charge in [-0.1, -0.05) is 24.3 Å². The van der Waals surface area contributed by atoms with E-state index in [9.17, 15) is 18.5 Å². The van der Waals surface area contributed by atoms with Gasteiger partial charge in [0.15, 0.2) is 0 Å². The van der Waals surface area contributed by atoms with Crippen LogP contribution in [0.4, 0.5) is 11.4 Å². The molecule has 0 aliphatic rings. The summed E-state index contributed by atoms with van der Waals surface area (Å²) in [5, 5.41) is 29.3. The lowest BCUT2D eigenvalue weighted by molar-refractivity contribution is -0.384. The second-order valence-electron chi connectivity index (χ2n) is 4.66. The average Bonchev–Trinajstić information content (AvgIpc) is 2.54. The van der Waals surface area contributed by atoms with Gasteiger partial charge in [0.25, 0.3) is 15.7 Å². The van der Waals surface area contributed by atoms with Gasteiger partial charge in [0.05, 0.1) is 9.82 Å². The van der Waals surface area contributed by atoms with Gasteiger partial charge in [-0.15, -0.1) is 0 Å². The van der Waals surface area contributed by atoms with Crippen LogP contribution in [0.1, 0.15) is 0 Å². The van der Waals surface area contributed by atoms with Crippen molar-refractivity contribution in [2.75, 3.05) is 11.4 Å². The Morgan fingerprint density at radius 3 is 2.39 bits per heavy atom. The third kappa shape index (κ3) is 3.34. The van der Waals surface area contributed by atoms with Crippen molar-refractivity contribution in [1.29, 1.82) is 0 Å². The SMILES string of the molecule is CN(c1ccccc1[N+](=O)[O-])S(=O)(=O)c1cccc(B(O)O)c1. The Balaban J connectivity index is 2.52. The Morgan fingerprint density at radius 1 is 1.13 bits per heavy atom. The molecule has 23 heavy (non-hydrogen) atoms. The van der Waals surface area contributed by atoms with E-state index in [0.717, 1.165) is 10.4 Å². The zero-order chi connectivity index (χ0) is 17.2. The first-order valence-corrected chi connectivity index (χ1v) is 7.87. The van der Waals surface area contributed by atoms with E-state index in [1.54, 1.807) is 0 Å². The summed E-state index contributed by atoms with van der Waals surface area (Å²) >= 11 is 0. The molecule has 0 saturated heterocycles. The first-order valence-electron chi connectivity index (χ1n) is 6.43. The highest BCUT2D eigenvalue weighted by atomic mass is 32.2. The predicted octanol–water partition coefficient (Wildman–Crippen LogP) is 0.0997. The fraction of sp³-hybridized carbons (Fsp3) is 0.0769. The molecule has 8 nitrogen and oxygen atoms in total. The summed E-state index contributed by atoms with van der Waals surface area (Å²) in [7, 11) is -4.72. The third-order valence-corrected chi connectivity index (χ3v) is 5.00. The number of sulfonamides is 1. The summed E-state index contributed by atoms with van der Waals surface area (Å²) in [5.41, 5.74) is -0.439. The minimum atomic E-state index is -4.10. The van der Waals surface area contributed by atoms with Gasteiger partial charge in [0.2, 0.25) is 0 Å². The number of benzene rings is 2. The second kappa shape index (κ2) is 6.36. The maximum absolute atomic E-state index is 12.6. The molecule has 0 aromatic heterocycles. The van der Waals surface area contributed by atoms with E-state index in [0.29, 0.717) is 0 Å². The summed E-state index contributed by atoms with van der Waals surface area (Å²) in [5.74, 6) is 0. The first kappa shape index (κ1) is 16.9. The van der Waals surface area contributed by atoms with Crippen LogP contribution in [-0.2, 0) is 10.0 Å². The predicted molar refractivity (Wildman–Crippen MR) is 85.0 cm³/mol. The van der Waals surface area contributed by atoms with Crippen molar-refractivity contribution in [3.63, 3.8) is 0 Å². The molecule has 0 aliphatic heterocycles. The van der Waals surface area contributed by atoms with Crippen LogP contribution in [0.15, 0.2) is 53.4 Å². The van der Waals surface area contributed by atoms with Gasteiger partial charge in [-0.3, -0.25) is 14.4 Å². The Hall–Kier alpha value is -2.43. The van der Waals surface area contributed by atoms with E-state index < -0.39 is 22.1 Å². The normalized spacial score (nSPS) is 11.1. The van der Waals surface area contributed by atoms with Gasteiger partial charge in [-0.2, -0.15) is 0 Å². The van der Waals surface area contributed by atoms with Crippen molar-refractivity contribution in [3.05, 3.63) is 58.6 Å². The van der Waals surface area contributed by atoms with Crippen molar-refractivity contribution in [1.82, 2.24) is 0 Å². The Morgan fingerprint density at radius 2 is 1.78 bits per heavy atom. The van der Waals surface area contributed by atoms with Gasteiger partial charge in [-0.25, -0.2) is 8.42 Å². The minimum Gasteiger partial charge on any atom is -0.423 e. The van der Waals surface area contributed by atoms with Gasteiger partial charge in [0.1, 0.15) is 5.69 Å². The number of nitro groups is 1. The first-order chi connectivity index (χ1) is 10.7. The second-order valence-corrected chi connectivity index (χ2v) is 6.63. The Bertz CT molecular complexity index is 840. The molecule has 0 spiro atoms. The fourth-order valence-electron chi connectivity index (χ4n) is 2.01. The van der Waals surface area contributed by atoms with Crippen molar-refractivity contribution in [3.8, 4) is 0 Å². The van der Waals surface area contributed by atoms with Crippen LogP contribution in [0.5, 0.6) is 0 Å². The van der Waals surface area contributed by atoms with Gasteiger partial charge < -0.3 is 10.0 Å². The van der Waals surface area contributed by atoms with Gasteiger partial charge in [-0.05, 0) is 23.7 Å². The molecule has 0 amide bonds. The molecule has 120 valence electrons. The number of hydrogen-bond acceptors (Lipinski definition) is 6. The molecule has 0 radical (unpaired) electrons. The molecule has 0 unspecified atom stereocenters. The number of nitrogens with zero attached hydrogens (tertiary/aromatic N) is 2.